The normalized spacial score (nSPS) is 22.4. The van der Waals surface area contributed by atoms with Crippen LogP contribution in [0.1, 0.15) is 13.3 Å². The molecule has 0 aliphatic carbocycles. The fourth-order valence-corrected chi connectivity index (χ4v) is 2.18. The Hall–Kier alpha value is -2.00. The number of H-pyrrole nitrogens is 1. The van der Waals surface area contributed by atoms with Crippen molar-refractivity contribution in [2.45, 2.75) is 32.0 Å². The molecule has 116 valence electrons. The summed E-state index contributed by atoms with van der Waals surface area (Å²) in [7, 11) is 1.58. The number of hydrogen-bond acceptors (Lipinski definition) is 6. The van der Waals surface area contributed by atoms with Crippen molar-refractivity contribution in [3.63, 3.8) is 0 Å². The Morgan fingerprint density at radius 3 is 2.95 bits per heavy atom. The van der Waals surface area contributed by atoms with E-state index in [-0.39, 0.29) is 13.2 Å². The van der Waals surface area contributed by atoms with Crippen molar-refractivity contribution in [3.8, 4) is 0 Å². The molecule has 1 aromatic heterocycles. The number of likely N-dealkylation sites (N-methyl/N-ethyl adjacent to an activating group) is 1. The van der Waals surface area contributed by atoms with Gasteiger partial charge in [0.05, 0.1) is 25.5 Å². The smallest absolute Gasteiger partial charge is 0.328 e. The molecular weight excluding hydrogens is 285 g/mol. The fourth-order valence-electron chi connectivity index (χ4n) is 2.18. The summed E-state index contributed by atoms with van der Waals surface area (Å²) in [5, 5.41) is 1.36. The maximum Gasteiger partial charge on any atom is 0.328 e. The first-order valence-corrected chi connectivity index (χ1v) is 6.48. The van der Waals surface area contributed by atoms with Crippen LogP contribution >= 0.6 is 0 Å². The van der Waals surface area contributed by atoms with E-state index in [0.29, 0.717) is 6.42 Å². The maximum absolute atomic E-state index is 13.2. The Balaban J connectivity index is 2.09. The first kappa shape index (κ1) is 15.4. The summed E-state index contributed by atoms with van der Waals surface area (Å²) in [6.45, 7) is 1.99. The number of carbonyl (C=O) groups is 1. The third-order valence-corrected chi connectivity index (χ3v) is 3.17. The van der Waals surface area contributed by atoms with Crippen molar-refractivity contribution in [2.24, 2.45) is 0 Å². The third kappa shape index (κ3) is 3.37. The van der Waals surface area contributed by atoms with Crippen molar-refractivity contribution in [1.82, 2.24) is 14.6 Å². The van der Waals surface area contributed by atoms with Crippen LogP contribution < -0.4 is 11.2 Å². The standard InChI is InChI=1S/C12H16FN3O5/c1-3-20-11(18)9-4-7(21-15(9)2)5-16-6-8(13)10(17)14-12(16)19/h6-7,9H,3-5H2,1-2H3,(H,14,17,19)/t7-,9-/m1/s1. The van der Waals surface area contributed by atoms with Gasteiger partial charge in [0.25, 0.3) is 5.56 Å². The van der Waals surface area contributed by atoms with Crippen molar-refractivity contribution in [2.75, 3.05) is 13.7 Å². The first-order chi connectivity index (χ1) is 9.92. The minimum atomic E-state index is -1.06. The molecule has 1 aliphatic heterocycles. The second kappa shape index (κ2) is 6.19. The number of hydrogen-bond donors (Lipinski definition) is 1. The zero-order valence-electron chi connectivity index (χ0n) is 11.7. The van der Waals surface area contributed by atoms with Crippen molar-refractivity contribution < 1.29 is 18.8 Å². The summed E-state index contributed by atoms with van der Waals surface area (Å²) in [4.78, 5) is 41.5. The van der Waals surface area contributed by atoms with E-state index >= 15 is 0 Å². The maximum atomic E-state index is 13.2. The van der Waals surface area contributed by atoms with Gasteiger partial charge in [-0.15, -0.1) is 0 Å². The first-order valence-electron chi connectivity index (χ1n) is 6.48. The molecule has 0 amide bonds. The summed E-state index contributed by atoms with van der Waals surface area (Å²) in [6.07, 6.45) is 0.637. The zero-order valence-corrected chi connectivity index (χ0v) is 11.7. The highest BCUT2D eigenvalue weighted by Gasteiger charge is 2.37. The van der Waals surface area contributed by atoms with E-state index in [9.17, 15) is 18.8 Å². The van der Waals surface area contributed by atoms with E-state index in [2.05, 4.69) is 0 Å². The SMILES string of the molecule is CCOC(=O)[C@H]1C[C@H](Cn2cc(F)c(=O)[nH]c2=O)ON1C. The molecule has 2 heterocycles. The average molecular weight is 301 g/mol. The van der Waals surface area contributed by atoms with Gasteiger partial charge in [0.15, 0.2) is 0 Å². The summed E-state index contributed by atoms with van der Waals surface area (Å²) < 4.78 is 19.1. The molecule has 1 fully saturated rings. The topological polar surface area (TPSA) is 93.6 Å². The molecule has 1 aromatic rings. The number of rotatable bonds is 4. The van der Waals surface area contributed by atoms with Gasteiger partial charge in [-0.1, -0.05) is 0 Å². The van der Waals surface area contributed by atoms with E-state index in [1.54, 1.807) is 14.0 Å². The summed E-state index contributed by atoms with van der Waals surface area (Å²) in [5.74, 6) is -1.47. The molecule has 21 heavy (non-hydrogen) atoms. The molecule has 2 atom stereocenters. The molecule has 9 heteroatoms. The van der Waals surface area contributed by atoms with Crippen LogP contribution in [0.3, 0.4) is 0 Å². The molecule has 2 rings (SSSR count). The Morgan fingerprint density at radius 1 is 1.57 bits per heavy atom. The largest absolute Gasteiger partial charge is 0.465 e. The summed E-state index contributed by atoms with van der Waals surface area (Å²) in [5.41, 5.74) is -1.79. The van der Waals surface area contributed by atoms with Crippen molar-refractivity contribution in [3.05, 3.63) is 32.9 Å². The molecule has 0 spiro atoms. The average Bonchev–Trinajstić information content (AvgIpc) is 2.77. The number of nitrogens with one attached hydrogen (secondary N) is 1. The van der Waals surface area contributed by atoms with Crippen LogP contribution in [0.5, 0.6) is 0 Å². The van der Waals surface area contributed by atoms with Crippen LogP contribution in [-0.2, 0) is 20.9 Å². The molecular formula is C12H16FN3O5. The number of aromatic nitrogens is 2. The van der Waals surface area contributed by atoms with E-state index < -0.39 is 35.2 Å². The number of carbonyl (C=O) groups excluding carboxylic acids is 1. The lowest BCUT2D eigenvalue weighted by Gasteiger charge is -2.15. The Kier molecular flexibility index (Phi) is 4.53. The van der Waals surface area contributed by atoms with Crippen LogP contribution in [0.2, 0.25) is 0 Å². The van der Waals surface area contributed by atoms with Gasteiger partial charge in [-0.25, -0.2) is 4.79 Å². The Bertz CT molecular complexity index is 641. The molecule has 0 aromatic carbocycles. The van der Waals surface area contributed by atoms with Crippen LogP contribution in [0.4, 0.5) is 4.39 Å². The lowest BCUT2D eigenvalue weighted by Crippen LogP contribution is -2.34. The lowest BCUT2D eigenvalue weighted by atomic mass is 10.1. The Morgan fingerprint density at radius 2 is 2.29 bits per heavy atom. The fraction of sp³-hybridized carbons (Fsp3) is 0.583. The summed E-state index contributed by atoms with van der Waals surface area (Å²) in [6, 6.07) is -0.571. The molecule has 1 N–H and O–H groups in total. The van der Waals surface area contributed by atoms with Gasteiger partial charge in [-0.3, -0.25) is 24.0 Å². The quantitative estimate of drug-likeness (QED) is 0.735. The molecule has 1 aliphatic rings. The lowest BCUT2D eigenvalue weighted by molar-refractivity contribution is -0.172. The van der Waals surface area contributed by atoms with Crippen LogP contribution in [0.15, 0.2) is 15.8 Å². The highest BCUT2D eigenvalue weighted by molar-refractivity contribution is 5.75. The van der Waals surface area contributed by atoms with E-state index in [4.69, 9.17) is 9.57 Å². The van der Waals surface area contributed by atoms with Crippen LogP contribution in [0.25, 0.3) is 0 Å². The molecule has 8 nitrogen and oxygen atoms in total. The van der Waals surface area contributed by atoms with Gasteiger partial charge in [-0.2, -0.15) is 9.45 Å². The molecule has 0 bridgehead atoms. The highest BCUT2D eigenvalue weighted by atomic mass is 19.1. The number of aromatic amines is 1. The van der Waals surface area contributed by atoms with Crippen LogP contribution in [0, 0.1) is 5.82 Å². The van der Waals surface area contributed by atoms with Crippen molar-refractivity contribution in [1.29, 1.82) is 0 Å². The molecule has 1 saturated heterocycles. The second-order valence-electron chi connectivity index (χ2n) is 4.67. The van der Waals surface area contributed by atoms with E-state index in [1.807, 2.05) is 4.98 Å². The number of ether oxygens (including phenoxy) is 1. The number of esters is 1. The van der Waals surface area contributed by atoms with Gasteiger partial charge in [0, 0.05) is 13.5 Å². The number of halogens is 1. The van der Waals surface area contributed by atoms with Gasteiger partial charge >= 0.3 is 11.7 Å². The third-order valence-electron chi connectivity index (χ3n) is 3.17. The van der Waals surface area contributed by atoms with Crippen LogP contribution in [-0.4, -0.2) is 46.4 Å². The highest BCUT2D eigenvalue weighted by Crippen LogP contribution is 2.21. The monoisotopic (exact) mass is 301 g/mol. The number of nitrogens with zero attached hydrogens (tertiary/aromatic N) is 2. The molecule has 0 unspecified atom stereocenters. The van der Waals surface area contributed by atoms with Gasteiger partial charge in [0.2, 0.25) is 5.82 Å². The number of hydroxylamine groups is 2. The van der Waals surface area contributed by atoms with E-state index in [0.717, 1.165) is 10.8 Å². The molecule has 0 saturated carbocycles. The minimum Gasteiger partial charge on any atom is -0.465 e. The van der Waals surface area contributed by atoms with Gasteiger partial charge in [-0.05, 0) is 6.92 Å². The van der Waals surface area contributed by atoms with Gasteiger partial charge in [0.1, 0.15) is 6.04 Å². The second-order valence-corrected chi connectivity index (χ2v) is 4.67. The summed E-state index contributed by atoms with van der Waals surface area (Å²) >= 11 is 0. The van der Waals surface area contributed by atoms with E-state index in [1.165, 1.54) is 5.06 Å². The van der Waals surface area contributed by atoms with Gasteiger partial charge < -0.3 is 4.74 Å². The zero-order chi connectivity index (χ0) is 15.6. The van der Waals surface area contributed by atoms with Crippen molar-refractivity contribution >= 4 is 5.97 Å². The predicted molar refractivity (Wildman–Crippen MR) is 69.0 cm³/mol. The predicted octanol–water partition coefficient (Wildman–Crippen LogP) is -0.757. The minimum absolute atomic E-state index is 0.0206. The Labute approximate surface area is 119 Å². The molecule has 0 radical (unpaired) electrons.